The standard InChI is InChI=1S/C27H34N6O3S/c1-37(35,36)30-20-9-10-24(25(17-20)32-15-13-27(11-12-27)14-16-32)33-18-23(29-31-33)21-7-4-8-22(28-21)26(34)19-5-2-3-6-19/h4,7-10,17-19,26,30,34H,2-3,5-6,11-16H2,1H3. The minimum atomic E-state index is -3.39. The molecule has 1 aliphatic heterocycles. The fraction of sp³-hybridized carbons (Fsp3) is 0.519. The predicted molar refractivity (Wildman–Crippen MR) is 143 cm³/mol. The van der Waals surface area contributed by atoms with Crippen molar-refractivity contribution in [3.8, 4) is 17.1 Å². The second-order valence-corrected chi connectivity index (χ2v) is 12.8. The van der Waals surface area contributed by atoms with Crippen LogP contribution in [0.5, 0.6) is 0 Å². The zero-order valence-corrected chi connectivity index (χ0v) is 22.0. The molecule has 1 atom stereocenters. The van der Waals surface area contributed by atoms with Gasteiger partial charge in [0.1, 0.15) is 5.69 Å². The summed E-state index contributed by atoms with van der Waals surface area (Å²) >= 11 is 0. The molecular formula is C27H34N6O3S. The lowest BCUT2D eigenvalue weighted by Crippen LogP contribution is -2.35. The van der Waals surface area contributed by atoms with Crippen LogP contribution in [0.1, 0.15) is 63.2 Å². The van der Waals surface area contributed by atoms with Gasteiger partial charge in [0.05, 0.1) is 47.0 Å². The third-order valence-corrected chi connectivity index (χ3v) is 8.93. The van der Waals surface area contributed by atoms with E-state index in [4.69, 9.17) is 4.98 Å². The molecule has 2 aromatic heterocycles. The lowest BCUT2D eigenvalue weighted by molar-refractivity contribution is 0.107. The van der Waals surface area contributed by atoms with Gasteiger partial charge in [-0.2, -0.15) is 0 Å². The molecule has 2 N–H and O–H groups in total. The molecule has 3 aromatic rings. The molecule has 3 aliphatic rings. The van der Waals surface area contributed by atoms with Crippen LogP contribution in [0.3, 0.4) is 0 Å². The molecule has 9 nitrogen and oxygen atoms in total. The maximum Gasteiger partial charge on any atom is 0.229 e. The normalized spacial score (nSPS) is 20.3. The van der Waals surface area contributed by atoms with Crippen LogP contribution in [-0.2, 0) is 10.0 Å². The van der Waals surface area contributed by atoms with Gasteiger partial charge in [0.15, 0.2) is 0 Å². The van der Waals surface area contributed by atoms with Crippen molar-refractivity contribution in [1.29, 1.82) is 0 Å². The molecule has 3 fully saturated rings. The molecule has 0 radical (unpaired) electrons. The van der Waals surface area contributed by atoms with E-state index in [1.165, 1.54) is 12.8 Å². The summed E-state index contributed by atoms with van der Waals surface area (Å²) in [4.78, 5) is 7.06. The number of hydrogen-bond acceptors (Lipinski definition) is 7. The Kier molecular flexibility index (Phi) is 6.19. The molecule has 6 rings (SSSR count). The van der Waals surface area contributed by atoms with Gasteiger partial charge in [-0.3, -0.25) is 4.72 Å². The summed E-state index contributed by atoms with van der Waals surface area (Å²) in [5, 5.41) is 19.7. The monoisotopic (exact) mass is 522 g/mol. The van der Waals surface area contributed by atoms with Gasteiger partial charge in [-0.25, -0.2) is 18.1 Å². The van der Waals surface area contributed by atoms with Gasteiger partial charge < -0.3 is 10.0 Å². The maximum atomic E-state index is 11.9. The number of nitrogens with zero attached hydrogens (tertiary/aromatic N) is 5. The Morgan fingerprint density at radius 2 is 1.78 bits per heavy atom. The molecule has 1 spiro atoms. The van der Waals surface area contributed by atoms with E-state index in [0.29, 0.717) is 28.2 Å². The van der Waals surface area contributed by atoms with Crippen molar-refractivity contribution in [3.63, 3.8) is 0 Å². The molecule has 1 aromatic carbocycles. The minimum absolute atomic E-state index is 0.263. The molecule has 0 bridgehead atoms. The first-order valence-electron chi connectivity index (χ1n) is 13.2. The Bertz CT molecular complexity index is 1380. The average Bonchev–Trinajstić information content (AvgIpc) is 3.28. The number of hydrogen-bond donors (Lipinski definition) is 2. The average molecular weight is 523 g/mol. The van der Waals surface area contributed by atoms with E-state index in [2.05, 4.69) is 19.9 Å². The van der Waals surface area contributed by atoms with Crippen molar-refractivity contribution in [2.45, 2.75) is 57.5 Å². The van der Waals surface area contributed by atoms with Gasteiger partial charge in [-0.05, 0) is 80.2 Å². The topological polar surface area (TPSA) is 113 Å². The summed E-state index contributed by atoms with van der Waals surface area (Å²) in [6.07, 6.45) is 11.8. The molecule has 2 saturated carbocycles. The first-order chi connectivity index (χ1) is 17.8. The second kappa shape index (κ2) is 9.40. The van der Waals surface area contributed by atoms with Gasteiger partial charge in [-0.1, -0.05) is 24.1 Å². The van der Waals surface area contributed by atoms with E-state index in [0.717, 1.165) is 69.2 Å². The molecule has 3 heterocycles. The highest BCUT2D eigenvalue weighted by molar-refractivity contribution is 7.92. The van der Waals surface area contributed by atoms with Crippen LogP contribution in [0.25, 0.3) is 17.1 Å². The summed E-state index contributed by atoms with van der Waals surface area (Å²) in [6, 6.07) is 11.2. The number of aliphatic hydroxyl groups is 1. The van der Waals surface area contributed by atoms with Crippen LogP contribution in [0.4, 0.5) is 11.4 Å². The summed E-state index contributed by atoms with van der Waals surface area (Å²) in [6.45, 7) is 1.86. The quantitative estimate of drug-likeness (QED) is 0.475. The van der Waals surface area contributed by atoms with Crippen LogP contribution in [0.2, 0.25) is 0 Å². The van der Waals surface area contributed by atoms with E-state index < -0.39 is 16.1 Å². The van der Waals surface area contributed by atoms with Gasteiger partial charge in [0, 0.05) is 13.1 Å². The molecule has 0 amide bonds. The lowest BCUT2D eigenvalue weighted by atomic mass is 9.93. The van der Waals surface area contributed by atoms with E-state index in [1.54, 1.807) is 10.7 Å². The highest BCUT2D eigenvalue weighted by Crippen LogP contribution is 2.54. The maximum absolute atomic E-state index is 11.9. The number of anilines is 2. The Hall–Kier alpha value is -2.98. The van der Waals surface area contributed by atoms with Gasteiger partial charge in [-0.15, -0.1) is 5.10 Å². The third kappa shape index (κ3) is 5.22. The first-order valence-corrected chi connectivity index (χ1v) is 15.1. The number of pyridine rings is 1. The van der Waals surface area contributed by atoms with Crippen LogP contribution in [0.15, 0.2) is 42.6 Å². The van der Waals surface area contributed by atoms with Crippen molar-refractivity contribution in [2.75, 3.05) is 29.0 Å². The number of sulfonamides is 1. The molecule has 196 valence electrons. The number of aliphatic hydroxyl groups excluding tert-OH is 1. The third-order valence-electron chi connectivity index (χ3n) is 8.32. The number of benzene rings is 1. The van der Waals surface area contributed by atoms with E-state index >= 15 is 0 Å². The summed E-state index contributed by atoms with van der Waals surface area (Å²) in [5.74, 6) is 0.263. The van der Waals surface area contributed by atoms with Crippen LogP contribution < -0.4 is 9.62 Å². The molecule has 10 heteroatoms. The summed E-state index contributed by atoms with van der Waals surface area (Å²) in [5.41, 5.74) is 4.80. The molecule has 2 aliphatic carbocycles. The molecular weight excluding hydrogens is 488 g/mol. The summed E-state index contributed by atoms with van der Waals surface area (Å²) < 4.78 is 28.1. The van der Waals surface area contributed by atoms with Crippen molar-refractivity contribution in [3.05, 3.63) is 48.3 Å². The van der Waals surface area contributed by atoms with Crippen molar-refractivity contribution >= 4 is 21.4 Å². The largest absolute Gasteiger partial charge is 0.387 e. The Balaban J connectivity index is 1.30. The van der Waals surface area contributed by atoms with Gasteiger partial charge in [0.2, 0.25) is 10.0 Å². The van der Waals surface area contributed by atoms with E-state index in [9.17, 15) is 13.5 Å². The molecule has 1 unspecified atom stereocenters. The Morgan fingerprint density at radius 3 is 2.49 bits per heavy atom. The van der Waals surface area contributed by atoms with Crippen molar-refractivity contribution < 1.29 is 13.5 Å². The highest BCUT2D eigenvalue weighted by atomic mass is 32.2. The van der Waals surface area contributed by atoms with Gasteiger partial charge in [0.25, 0.3) is 0 Å². The Labute approximate surface area is 218 Å². The van der Waals surface area contributed by atoms with Crippen LogP contribution >= 0.6 is 0 Å². The molecule has 37 heavy (non-hydrogen) atoms. The smallest absolute Gasteiger partial charge is 0.229 e. The van der Waals surface area contributed by atoms with E-state index in [1.807, 2.05) is 36.5 Å². The van der Waals surface area contributed by atoms with Crippen LogP contribution in [-0.4, -0.2) is 52.8 Å². The zero-order valence-electron chi connectivity index (χ0n) is 21.2. The lowest BCUT2D eigenvalue weighted by Gasteiger charge is -2.35. The molecule has 1 saturated heterocycles. The number of piperidine rings is 1. The van der Waals surface area contributed by atoms with Crippen molar-refractivity contribution in [1.82, 2.24) is 20.0 Å². The number of nitrogens with one attached hydrogen (secondary N) is 1. The van der Waals surface area contributed by atoms with Crippen molar-refractivity contribution in [2.24, 2.45) is 11.3 Å². The predicted octanol–water partition coefficient (Wildman–Crippen LogP) is 4.30. The number of aromatic nitrogens is 4. The fourth-order valence-corrected chi connectivity index (χ4v) is 6.47. The minimum Gasteiger partial charge on any atom is -0.387 e. The highest BCUT2D eigenvalue weighted by Gasteiger charge is 2.44. The van der Waals surface area contributed by atoms with Gasteiger partial charge >= 0.3 is 0 Å². The Morgan fingerprint density at radius 1 is 1.03 bits per heavy atom. The van der Waals surface area contributed by atoms with E-state index in [-0.39, 0.29) is 5.92 Å². The fourth-order valence-electron chi connectivity index (χ4n) is 5.92. The second-order valence-electron chi connectivity index (χ2n) is 11.1. The first kappa shape index (κ1) is 24.4. The SMILES string of the molecule is CS(=O)(=O)Nc1ccc(-n2cc(-c3cccc(C(O)C4CCCC4)n3)nn2)c(N2CCC3(CC2)CC3)c1. The van der Waals surface area contributed by atoms with Crippen LogP contribution in [0, 0.1) is 11.3 Å². The number of rotatable bonds is 7. The summed E-state index contributed by atoms with van der Waals surface area (Å²) in [7, 11) is -3.39. The zero-order chi connectivity index (χ0) is 25.6.